The number of aryl methyl sites for hydroxylation is 1. The highest BCUT2D eigenvalue weighted by Crippen LogP contribution is 2.29. The minimum Gasteiger partial charge on any atom is -0.381 e. The lowest BCUT2D eigenvalue weighted by Gasteiger charge is -2.31. The molecule has 0 radical (unpaired) electrons. The maximum atomic E-state index is 12.6. The number of thioether (sulfide) groups is 1. The predicted octanol–water partition coefficient (Wildman–Crippen LogP) is 4.02. The van der Waals surface area contributed by atoms with Crippen LogP contribution in [-0.2, 0) is 16.0 Å². The van der Waals surface area contributed by atoms with Gasteiger partial charge in [0.25, 0.3) is 0 Å². The summed E-state index contributed by atoms with van der Waals surface area (Å²) in [7, 11) is 0. The van der Waals surface area contributed by atoms with Crippen molar-refractivity contribution in [2.24, 2.45) is 5.92 Å². The van der Waals surface area contributed by atoms with Crippen molar-refractivity contribution < 1.29 is 9.53 Å². The summed E-state index contributed by atoms with van der Waals surface area (Å²) in [6, 6.07) is 12.4. The zero-order valence-corrected chi connectivity index (χ0v) is 16.0. The van der Waals surface area contributed by atoms with Gasteiger partial charge in [0.15, 0.2) is 0 Å². The standard InChI is InChI=1S/C21H26N2O2S/c1-26-19-7-4-16(5-8-19)6-9-20(24)23-21(17-10-13-25-14-11-17)18-3-2-12-22-15-18/h2-5,7-8,12,15,17,21H,6,9-11,13-14H2,1H3,(H,23,24). The van der Waals surface area contributed by atoms with E-state index < -0.39 is 0 Å². The van der Waals surface area contributed by atoms with Crippen LogP contribution >= 0.6 is 11.8 Å². The molecule has 138 valence electrons. The van der Waals surface area contributed by atoms with E-state index in [1.807, 2.05) is 12.3 Å². The average Bonchev–Trinajstić information content (AvgIpc) is 2.72. The van der Waals surface area contributed by atoms with Crippen molar-refractivity contribution in [1.29, 1.82) is 0 Å². The minimum absolute atomic E-state index is 0.0129. The maximum absolute atomic E-state index is 12.6. The first-order valence-corrected chi connectivity index (χ1v) is 10.4. The van der Waals surface area contributed by atoms with Crippen molar-refractivity contribution in [3.05, 3.63) is 59.9 Å². The zero-order chi connectivity index (χ0) is 18.2. The lowest BCUT2D eigenvalue weighted by Crippen LogP contribution is -2.36. The topological polar surface area (TPSA) is 51.2 Å². The third-order valence-corrected chi connectivity index (χ3v) is 5.64. The normalized spacial score (nSPS) is 16.2. The highest BCUT2D eigenvalue weighted by atomic mass is 32.2. The van der Waals surface area contributed by atoms with Crippen LogP contribution in [0.15, 0.2) is 53.7 Å². The van der Waals surface area contributed by atoms with E-state index in [4.69, 9.17) is 4.74 Å². The van der Waals surface area contributed by atoms with Crippen molar-refractivity contribution in [3.8, 4) is 0 Å². The Bertz CT molecular complexity index is 685. The molecule has 3 rings (SSSR count). The highest BCUT2D eigenvalue weighted by Gasteiger charge is 2.27. The monoisotopic (exact) mass is 370 g/mol. The number of aromatic nitrogens is 1. The summed E-state index contributed by atoms with van der Waals surface area (Å²) >= 11 is 1.73. The molecule has 1 unspecified atom stereocenters. The molecule has 5 heteroatoms. The number of rotatable bonds is 7. The molecule has 0 spiro atoms. The Hall–Kier alpha value is -1.85. The molecule has 1 atom stereocenters. The van der Waals surface area contributed by atoms with Crippen molar-refractivity contribution in [3.63, 3.8) is 0 Å². The van der Waals surface area contributed by atoms with E-state index in [9.17, 15) is 4.79 Å². The van der Waals surface area contributed by atoms with Crippen LogP contribution in [0.1, 0.15) is 36.4 Å². The summed E-state index contributed by atoms with van der Waals surface area (Å²) in [4.78, 5) is 18.1. The van der Waals surface area contributed by atoms with Crippen LogP contribution in [0.3, 0.4) is 0 Å². The van der Waals surface area contributed by atoms with Gasteiger partial charge in [-0.2, -0.15) is 0 Å². The smallest absolute Gasteiger partial charge is 0.220 e. The Morgan fingerprint density at radius 3 is 2.69 bits per heavy atom. The summed E-state index contributed by atoms with van der Waals surface area (Å²) < 4.78 is 5.48. The second-order valence-corrected chi connectivity index (χ2v) is 7.51. The van der Waals surface area contributed by atoms with Crippen LogP contribution in [0.2, 0.25) is 0 Å². The van der Waals surface area contributed by atoms with Crippen LogP contribution in [-0.4, -0.2) is 30.4 Å². The summed E-state index contributed by atoms with van der Waals surface area (Å²) in [6.45, 7) is 1.53. The Morgan fingerprint density at radius 1 is 1.27 bits per heavy atom. The molecular weight excluding hydrogens is 344 g/mol. The predicted molar refractivity (Wildman–Crippen MR) is 105 cm³/mol. The Balaban J connectivity index is 1.61. The van der Waals surface area contributed by atoms with Gasteiger partial charge in [0.05, 0.1) is 6.04 Å². The fraction of sp³-hybridized carbons (Fsp3) is 0.429. The molecule has 0 saturated carbocycles. The minimum atomic E-state index is 0.0129. The first kappa shape index (κ1) is 18.9. The Morgan fingerprint density at radius 2 is 2.04 bits per heavy atom. The van der Waals surface area contributed by atoms with Crippen LogP contribution in [0.25, 0.3) is 0 Å². The second kappa shape index (κ2) is 9.74. The lowest BCUT2D eigenvalue weighted by molar-refractivity contribution is -0.122. The van der Waals surface area contributed by atoms with Gasteiger partial charge in [-0.3, -0.25) is 9.78 Å². The fourth-order valence-electron chi connectivity index (χ4n) is 3.38. The van der Waals surface area contributed by atoms with Gasteiger partial charge in [-0.25, -0.2) is 0 Å². The molecule has 1 aliphatic heterocycles. The Kier molecular flexibility index (Phi) is 7.09. The molecule has 2 heterocycles. The van der Waals surface area contributed by atoms with Gasteiger partial charge in [0, 0.05) is 36.9 Å². The van der Waals surface area contributed by atoms with E-state index in [1.165, 1.54) is 10.5 Å². The highest BCUT2D eigenvalue weighted by molar-refractivity contribution is 7.98. The van der Waals surface area contributed by atoms with Gasteiger partial charge in [0.1, 0.15) is 0 Å². The second-order valence-electron chi connectivity index (χ2n) is 6.63. The van der Waals surface area contributed by atoms with Gasteiger partial charge in [-0.05, 0) is 60.8 Å². The third kappa shape index (κ3) is 5.32. The number of hydrogen-bond acceptors (Lipinski definition) is 4. The number of pyridine rings is 1. The fourth-order valence-corrected chi connectivity index (χ4v) is 3.79. The van der Waals surface area contributed by atoms with Crippen LogP contribution in [0.5, 0.6) is 0 Å². The summed E-state index contributed by atoms with van der Waals surface area (Å²) in [5.41, 5.74) is 2.28. The number of benzene rings is 1. The van der Waals surface area contributed by atoms with E-state index in [0.717, 1.165) is 38.0 Å². The molecule has 1 aromatic carbocycles. The molecular formula is C21H26N2O2S. The van der Waals surface area contributed by atoms with E-state index in [1.54, 1.807) is 18.0 Å². The van der Waals surface area contributed by atoms with Crippen molar-refractivity contribution in [2.45, 2.75) is 36.6 Å². The average molecular weight is 371 g/mol. The van der Waals surface area contributed by atoms with E-state index in [0.29, 0.717) is 12.3 Å². The third-order valence-electron chi connectivity index (χ3n) is 4.90. The van der Waals surface area contributed by atoms with Crippen LogP contribution < -0.4 is 5.32 Å². The van der Waals surface area contributed by atoms with Gasteiger partial charge in [-0.15, -0.1) is 11.8 Å². The number of nitrogens with zero attached hydrogens (tertiary/aromatic N) is 1. The van der Waals surface area contributed by atoms with E-state index >= 15 is 0 Å². The van der Waals surface area contributed by atoms with E-state index in [-0.39, 0.29) is 11.9 Å². The molecule has 2 aromatic rings. The molecule has 1 fully saturated rings. The first-order chi connectivity index (χ1) is 12.8. The molecule has 4 nitrogen and oxygen atoms in total. The molecule has 0 aliphatic carbocycles. The van der Waals surface area contributed by atoms with Crippen molar-refractivity contribution >= 4 is 17.7 Å². The number of nitrogens with one attached hydrogen (secondary N) is 1. The Labute approximate surface area is 159 Å². The molecule has 1 saturated heterocycles. The molecule has 26 heavy (non-hydrogen) atoms. The zero-order valence-electron chi connectivity index (χ0n) is 15.2. The SMILES string of the molecule is CSc1ccc(CCC(=O)NC(c2cccnc2)C2CCOCC2)cc1. The largest absolute Gasteiger partial charge is 0.381 e. The summed E-state index contributed by atoms with van der Waals surface area (Å²) in [5.74, 6) is 0.497. The van der Waals surface area contributed by atoms with Gasteiger partial charge in [-0.1, -0.05) is 18.2 Å². The van der Waals surface area contributed by atoms with Crippen LogP contribution in [0.4, 0.5) is 0 Å². The lowest BCUT2D eigenvalue weighted by atomic mass is 9.87. The number of hydrogen-bond donors (Lipinski definition) is 1. The van der Waals surface area contributed by atoms with Gasteiger partial charge < -0.3 is 10.1 Å². The summed E-state index contributed by atoms with van der Waals surface area (Å²) in [5, 5.41) is 3.26. The number of carbonyl (C=O) groups excluding carboxylic acids is 1. The van der Waals surface area contributed by atoms with E-state index in [2.05, 4.69) is 46.9 Å². The number of carbonyl (C=O) groups is 1. The molecule has 0 bridgehead atoms. The number of ether oxygens (including phenoxy) is 1. The number of amides is 1. The molecule has 1 N–H and O–H groups in total. The quantitative estimate of drug-likeness (QED) is 0.748. The van der Waals surface area contributed by atoms with Gasteiger partial charge in [0.2, 0.25) is 5.91 Å². The first-order valence-electron chi connectivity index (χ1n) is 9.16. The molecule has 1 aliphatic rings. The summed E-state index contributed by atoms with van der Waals surface area (Å²) in [6.07, 6.45) is 8.89. The van der Waals surface area contributed by atoms with Crippen molar-refractivity contribution in [2.75, 3.05) is 19.5 Å². The van der Waals surface area contributed by atoms with Crippen LogP contribution in [0, 0.1) is 5.92 Å². The van der Waals surface area contributed by atoms with Crippen molar-refractivity contribution in [1.82, 2.24) is 10.3 Å². The van der Waals surface area contributed by atoms with Gasteiger partial charge >= 0.3 is 0 Å². The maximum Gasteiger partial charge on any atom is 0.220 e. The molecule has 1 aromatic heterocycles. The molecule has 1 amide bonds.